The molecular weight excluding hydrogens is 404 g/mol. The molecule has 170 valence electrons. The summed E-state index contributed by atoms with van der Waals surface area (Å²) < 4.78 is 16.7. The number of hydrazone groups is 1. The van der Waals surface area contributed by atoms with Crippen molar-refractivity contribution in [3.05, 3.63) is 59.2 Å². The number of amides is 1. The largest absolute Gasteiger partial charge is 0.493 e. The molecule has 0 aromatic heterocycles. The first kappa shape index (κ1) is 23.4. The minimum atomic E-state index is -0.321. The van der Waals surface area contributed by atoms with Crippen LogP contribution in [0.4, 0.5) is 0 Å². The smallest absolute Gasteiger partial charge is 0.271 e. The van der Waals surface area contributed by atoms with Crippen LogP contribution >= 0.6 is 0 Å². The van der Waals surface area contributed by atoms with Crippen molar-refractivity contribution in [2.45, 2.75) is 45.4 Å². The van der Waals surface area contributed by atoms with Gasteiger partial charge in [-0.3, -0.25) is 4.79 Å². The number of methoxy groups -OCH3 is 2. The molecule has 0 radical (unpaired) electrons. The lowest BCUT2D eigenvalue weighted by Gasteiger charge is -2.18. The fourth-order valence-corrected chi connectivity index (χ4v) is 3.60. The van der Waals surface area contributed by atoms with Crippen molar-refractivity contribution in [2.24, 2.45) is 5.10 Å². The lowest BCUT2D eigenvalue weighted by Crippen LogP contribution is -2.22. The molecule has 1 fully saturated rings. The lowest BCUT2D eigenvalue weighted by atomic mass is 9.91. The minimum absolute atomic E-state index is 0.321. The molecule has 1 aliphatic carbocycles. The normalized spacial score (nSPS) is 16.1. The highest BCUT2D eigenvalue weighted by molar-refractivity contribution is 6.05. The number of nitrogens with one attached hydrogen (secondary N) is 1. The summed E-state index contributed by atoms with van der Waals surface area (Å²) in [6, 6.07) is 13.5. The fourth-order valence-electron chi connectivity index (χ4n) is 3.60. The summed E-state index contributed by atoms with van der Waals surface area (Å²) in [7, 11) is 3.10. The van der Waals surface area contributed by atoms with E-state index in [-0.39, 0.29) is 5.91 Å². The Morgan fingerprint density at radius 1 is 1.06 bits per heavy atom. The van der Waals surface area contributed by atoms with E-state index < -0.39 is 0 Å². The Kier molecular flexibility index (Phi) is 8.72. The topological polar surface area (TPSA) is 69.2 Å². The maximum Gasteiger partial charge on any atom is 0.271 e. The number of nitrogens with zero attached hydrogens (tertiary/aromatic N) is 1. The maximum atomic E-state index is 12.9. The molecule has 0 unspecified atom stereocenters. The highest BCUT2D eigenvalue weighted by atomic mass is 16.5. The second kappa shape index (κ2) is 11.9. The summed E-state index contributed by atoms with van der Waals surface area (Å²) in [5, 5.41) is 4.47. The van der Waals surface area contributed by atoms with Crippen LogP contribution in [0, 0.1) is 0 Å². The highest BCUT2D eigenvalue weighted by Crippen LogP contribution is 2.38. The average Bonchev–Trinajstić information content (AvgIpc) is 2.84. The van der Waals surface area contributed by atoms with Gasteiger partial charge in [-0.2, -0.15) is 5.10 Å². The molecule has 0 saturated heterocycles. The number of unbranched alkanes of at least 4 members (excludes halogenated alkanes) is 1. The zero-order valence-corrected chi connectivity index (χ0v) is 19.1. The van der Waals surface area contributed by atoms with Gasteiger partial charge in [-0.25, -0.2) is 5.43 Å². The summed E-state index contributed by atoms with van der Waals surface area (Å²) in [4.78, 5) is 12.9. The zero-order valence-electron chi connectivity index (χ0n) is 19.1. The van der Waals surface area contributed by atoms with Crippen molar-refractivity contribution in [2.75, 3.05) is 20.8 Å². The quantitative estimate of drug-likeness (QED) is 0.409. The standard InChI is InChI=1S/C26H32N2O4/c1-4-5-15-32-25-23(30-2)17-21(18-24(25)31-3)26(29)28-27-22-14-10-9-13-20(22)16-19-11-7-6-8-12-19/h6-8,11-12,16-18H,4-5,9-10,13-15H2,1-3H3,(H,28,29)/b20-16+,27-22+. The van der Waals surface area contributed by atoms with Gasteiger partial charge in [-0.05, 0) is 61.4 Å². The lowest BCUT2D eigenvalue weighted by molar-refractivity contribution is 0.0954. The summed E-state index contributed by atoms with van der Waals surface area (Å²) in [6.07, 6.45) is 8.08. The van der Waals surface area contributed by atoms with Crippen molar-refractivity contribution in [3.8, 4) is 17.2 Å². The Morgan fingerprint density at radius 2 is 1.75 bits per heavy atom. The van der Waals surface area contributed by atoms with Crippen molar-refractivity contribution >= 4 is 17.7 Å². The van der Waals surface area contributed by atoms with Crippen LogP contribution in [0.15, 0.2) is 53.1 Å². The molecule has 6 heteroatoms. The molecule has 1 N–H and O–H groups in total. The molecular formula is C26H32N2O4. The maximum absolute atomic E-state index is 12.9. The number of ether oxygens (including phenoxy) is 3. The molecule has 2 aromatic rings. The van der Waals surface area contributed by atoms with Crippen LogP contribution in [-0.2, 0) is 0 Å². The number of carbonyl (C=O) groups excluding carboxylic acids is 1. The second-order valence-electron chi connectivity index (χ2n) is 7.70. The van der Waals surface area contributed by atoms with Crippen LogP contribution in [0.1, 0.15) is 61.4 Å². The summed E-state index contributed by atoms with van der Waals surface area (Å²) in [6.45, 7) is 2.65. The predicted molar refractivity (Wildman–Crippen MR) is 128 cm³/mol. The molecule has 6 nitrogen and oxygen atoms in total. The number of benzene rings is 2. The molecule has 3 rings (SSSR count). The Balaban J connectivity index is 1.79. The van der Waals surface area contributed by atoms with Gasteiger partial charge in [0.2, 0.25) is 5.75 Å². The predicted octanol–water partition coefficient (Wildman–Crippen LogP) is 5.63. The Morgan fingerprint density at radius 3 is 2.41 bits per heavy atom. The van der Waals surface area contributed by atoms with E-state index in [0.717, 1.165) is 55.4 Å². The van der Waals surface area contributed by atoms with E-state index in [1.807, 2.05) is 18.2 Å². The molecule has 1 aliphatic rings. The van der Waals surface area contributed by atoms with Crippen molar-refractivity contribution in [1.29, 1.82) is 0 Å². The van der Waals surface area contributed by atoms with Crippen molar-refractivity contribution < 1.29 is 19.0 Å². The third-order valence-corrected chi connectivity index (χ3v) is 5.38. The van der Waals surface area contributed by atoms with Gasteiger partial charge in [0, 0.05) is 5.56 Å². The fraction of sp³-hybridized carbons (Fsp3) is 0.385. The third-order valence-electron chi connectivity index (χ3n) is 5.38. The van der Waals surface area contributed by atoms with Crippen molar-refractivity contribution in [3.63, 3.8) is 0 Å². The number of hydrogen-bond donors (Lipinski definition) is 1. The van der Waals surface area contributed by atoms with E-state index in [4.69, 9.17) is 14.2 Å². The van der Waals surface area contributed by atoms with E-state index in [1.165, 1.54) is 0 Å². The molecule has 2 aromatic carbocycles. The number of rotatable bonds is 9. The summed E-state index contributed by atoms with van der Waals surface area (Å²) in [5.41, 5.74) is 6.34. The van der Waals surface area contributed by atoms with Gasteiger partial charge in [0.25, 0.3) is 5.91 Å². The number of hydrogen-bond acceptors (Lipinski definition) is 5. The molecule has 0 heterocycles. The van der Waals surface area contributed by atoms with Gasteiger partial charge in [-0.1, -0.05) is 43.7 Å². The second-order valence-corrected chi connectivity index (χ2v) is 7.70. The van der Waals surface area contributed by atoms with Crippen LogP contribution < -0.4 is 19.6 Å². The van der Waals surface area contributed by atoms with Crippen LogP contribution in [-0.4, -0.2) is 32.4 Å². The summed E-state index contributed by atoms with van der Waals surface area (Å²) in [5.74, 6) is 1.10. The third kappa shape index (κ3) is 6.13. The van der Waals surface area contributed by atoms with Gasteiger partial charge in [0.05, 0.1) is 26.5 Å². The monoisotopic (exact) mass is 436 g/mol. The first-order chi connectivity index (χ1) is 15.7. The zero-order chi connectivity index (χ0) is 22.8. The molecule has 32 heavy (non-hydrogen) atoms. The van der Waals surface area contributed by atoms with E-state index in [0.29, 0.717) is 29.4 Å². The first-order valence-corrected chi connectivity index (χ1v) is 11.2. The van der Waals surface area contributed by atoms with Gasteiger partial charge < -0.3 is 14.2 Å². The molecule has 0 bridgehead atoms. The highest BCUT2D eigenvalue weighted by Gasteiger charge is 2.19. The Labute approximate surface area is 190 Å². The molecule has 1 saturated carbocycles. The van der Waals surface area contributed by atoms with Gasteiger partial charge in [0.1, 0.15) is 0 Å². The Bertz CT molecular complexity index is 942. The van der Waals surface area contributed by atoms with Crippen LogP contribution in [0.5, 0.6) is 17.2 Å². The molecule has 0 spiro atoms. The number of carbonyl (C=O) groups is 1. The molecule has 0 atom stereocenters. The summed E-state index contributed by atoms with van der Waals surface area (Å²) >= 11 is 0. The van der Waals surface area contributed by atoms with Crippen molar-refractivity contribution in [1.82, 2.24) is 5.43 Å². The van der Waals surface area contributed by atoms with Crippen LogP contribution in [0.3, 0.4) is 0 Å². The van der Waals surface area contributed by atoms with E-state index in [2.05, 4.69) is 35.7 Å². The number of allylic oxidation sites excluding steroid dienone is 1. The molecule has 1 amide bonds. The average molecular weight is 437 g/mol. The minimum Gasteiger partial charge on any atom is -0.493 e. The van der Waals surface area contributed by atoms with Gasteiger partial charge in [-0.15, -0.1) is 0 Å². The molecule has 0 aliphatic heterocycles. The van der Waals surface area contributed by atoms with E-state index in [1.54, 1.807) is 26.4 Å². The van der Waals surface area contributed by atoms with Gasteiger partial charge in [0.15, 0.2) is 11.5 Å². The Hall–Kier alpha value is -3.28. The van der Waals surface area contributed by atoms with E-state index >= 15 is 0 Å². The van der Waals surface area contributed by atoms with E-state index in [9.17, 15) is 4.79 Å². The van der Waals surface area contributed by atoms with Crippen LogP contribution in [0.2, 0.25) is 0 Å². The van der Waals surface area contributed by atoms with Crippen LogP contribution in [0.25, 0.3) is 6.08 Å². The SMILES string of the molecule is CCCCOc1c(OC)cc(C(=O)N/N=C2\CCCC\C2=C/c2ccccc2)cc1OC. The van der Waals surface area contributed by atoms with Gasteiger partial charge >= 0.3 is 0 Å². The first-order valence-electron chi connectivity index (χ1n) is 11.2.